The zero-order valence-corrected chi connectivity index (χ0v) is 10.6. The first kappa shape index (κ1) is 14.0. The van der Waals surface area contributed by atoms with Crippen LogP contribution in [0.3, 0.4) is 0 Å². The van der Waals surface area contributed by atoms with Gasteiger partial charge < -0.3 is 0 Å². The molecule has 0 rings (SSSR count). The number of hydrogen-bond acceptors (Lipinski definition) is 2. The highest BCUT2D eigenvalue weighted by molar-refractivity contribution is 5.14. The molecule has 2 heteroatoms. The summed E-state index contributed by atoms with van der Waals surface area (Å²) in [6, 6.07) is 4.42. The van der Waals surface area contributed by atoms with E-state index in [1.165, 1.54) is 0 Å². The van der Waals surface area contributed by atoms with Crippen LogP contribution in [0.25, 0.3) is 0 Å². The largest absolute Gasteiger partial charge is 0.197 e. The Morgan fingerprint density at radius 2 is 1.60 bits per heavy atom. The lowest BCUT2D eigenvalue weighted by Crippen LogP contribution is -2.26. The van der Waals surface area contributed by atoms with E-state index in [0.29, 0.717) is 18.8 Å². The number of rotatable bonds is 4. The maximum Gasteiger partial charge on any atom is 0.144 e. The summed E-state index contributed by atoms with van der Waals surface area (Å²) in [6.07, 6.45) is 2.25. The predicted octanol–water partition coefficient (Wildman–Crippen LogP) is 3.89. The minimum absolute atomic E-state index is 0.159. The van der Waals surface area contributed by atoms with E-state index in [-0.39, 0.29) is 5.41 Å². The van der Waals surface area contributed by atoms with Crippen molar-refractivity contribution in [3.05, 3.63) is 0 Å². The van der Waals surface area contributed by atoms with Crippen molar-refractivity contribution in [2.75, 3.05) is 0 Å². The van der Waals surface area contributed by atoms with E-state index >= 15 is 0 Å². The molecule has 2 nitrogen and oxygen atoms in total. The van der Waals surface area contributed by atoms with Gasteiger partial charge in [-0.2, -0.15) is 10.5 Å². The topological polar surface area (TPSA) is 47.6 Å². The standard InChI is InChI=1S/C13H22N2/c1-6-7-13(9-14,10-15)8-11(2)12(3,4)5/h11H,6-8H2,1-5H3. The van der Waals surface area contributed by atoms with Gasteiger partial charge in [0.2, 0.25) is 0 Å². The molecule has 0 aliphatic rings. The summed E-state index contributed by atoms with van der Waals surface area (Å²) in [7, 11) is 0. The van der Waals surface area contributed by atoms with Crippen molar-refractivity contribution in [1.82, 2.24) is 0 Å². The summed E-state index contributed by atoms with van der Waals surface area (Å²) < 4.78 is 0. The summed E-state index contributed by atoms with van der Waals surface area (Å²) in [5, 5.41) is 18.3. The van der Waals surface area contributed by atoms with Gasteiger partial charge in [-0.15, -0.1) is 0 Å². The Balaban J connectivity index is 4.73. The molecule has 1 unspecified atom stereocenters. The molecule has 84 valence electrons. The third-order valence-electron chi connectivity index (χ3n) is 3.24. The lowest BCUT2D eigenvalue weighted by atomic mass is 9.70. The molecule has 0 aliphatic carbocycles. The molecule has 0 saturated carbocycles. The molecule has 0 fully saturated rings. The van der Waals surface area contributed by atoms with Crippen LogP contribution in [-0.2, 0) is 0 Å². The van der Waals surface area contributed by atoms with Gasteiger partial charge >= 0.3 is 0 Å². The van der Waals surface area contributed by atoms with Crippen LogP contribution in [0.2, 0.25) is 0 Å². The van der Waals surface area contributed by atoms with Crippen LogP contribution in [0.5, 0.6) is 0 Å². The Hall–Kier alpha value is -1.02. The van der Waals surface area contributed by atoms with Crippen molar-refractivity contribution >= 4 is 0 Å². The molecule has 0 aromatic rings. The van der Waals surface area contributed by atoms with Gasteiger partial charge in [0.15, 0.2) is 0 Å². The number of hydrogen-bond donors (Lipinski definition) is 0. The lowest BCUT2D eigenvalue weighted by molar-refractivity contribution is 0.202. The van der Waals surface area contributed by atoms with Crippen LogP contribution in [0.15, 0.2) is 0 Å². The van der Waals surface area contributed by atoms with Gasteiger partial charge in [-0.05, 0) is 24.2 Å². The molecule has 0 saturated heterocycles. The molecule has 0 aromatic heterocycles. The first-order valence-electron chi connectivity index (χ1n) is 5.64. The molecule has 1 atom stereocenters. The van der Waals surface area contributed by atoms with Crippen molar-refractivity contribution in [2.45, 2.75) is 53.9 Å². The zero-order valence-electron chi connectivity index (χ0n) is 10.6. The van der Waals surface area contributed by atoms with Gasteiger partial charge in [-0.1, -0.05) is 41.0 Å². The highest BCUT2D eigenvalue weighted by Crippen LogP contribution is 2.38. The second-order valence-electron chi connectivity index (χ2n) is 5.53. The summed E-state index contributed by atoms with van der Waals surface area (Å²) in [6.45, 7) is 10.6. The number of nitrogens with zero attached hydrogens (tertiary/aromatic N) is 2. The maximum absolute atomic E-state index is 9.15. The van der Waals surface area contributed by atoms with E-state index in [2.05, 4.69) is 39.8 Å². The summed E-state index contributed by atoms with van der Waals surface area (Å²) in [4.78, 5) is 0. The van der Waals surface area contributed by atoms with Crippen LogP contribution in [0.1, 0.15) is 53.9 Å². The molecule has 0 radical (unpaired) electrons. The smallest absolute Gasteiger partial charge is 0.144 e. The zero-order chi connectivity index (χ0) is 12.1. The van der Waals surface area contributed by atoms with Crippen molar-refractivity contribution in [3.8, 4) is 12.1 Å². The average Bonchev–Trinajstić information content (AvgIpc) is 2.15. The molecular weight excluding hydrogens is 184 g/mol. The van der Waals surface area contributed by atoms with Crippen molar-refractivity contribution in [1.29, 1.82) is 10.5 Å². The lowest BCUT2D eigenvalue weighted by Gasteiger charge is -2.31. The molecule has 0 aliphatic heterocycles. The summed E-state index contributed by atoms with van der Waals surface area (Å²) in [5.74, 6) is 0.378. The fourth-order valence-corrected chi connectivity index (χ4v) is 1.59. The normalized spacial score (nSPS) is 14.1. The average molecular weight is 206 g/mol. The van der Waals surface area contributed by atoms with E-state index in [1.807, 2.05) is 6.92 Å². The van der Waals surface area contributed by atoms with E-state index in [4.69, 9.17) is 10.5 Å². The second-order valence-corrected chi connectivity index (χ2v) is 5.53. The highest BCUT2D eigenvalue weighted by atomic mass is 14.4. The predicted molar refractivity (Wildman–Crippen MR) is 61.8 cm³/mol. The Kier molecular flexibility index (Phi) is 4.82. The monoisotopic (exact) mass is 206 g/mol. The molecule has 0 spiro atoms. The van der Waals surface area contributed by atoms with Gasteiger partial charge in [0.1, 0.15) is 5.41 Å². The Morgan fingerprint density at radius 3 is 1.87 bits per heavy atom. The summed E-state index contributed by atoms with van der Waals surface area (Å²) >= 11 is 0. The number of nitriles is 2. The van der Waals surface area contributed by atoms with Gasteiger partial charge in [0.25, 0.3) is 0 Å². The van der Waals surface area contributed by atoms with Gasteiger partial charge in [0.05, 0.1) is 12.1 Å². The van der Waals surface area contributed by atoms with Gasteiger partial charge in [-0.3, -0.25) is 0 Å². The third kappa shape index (κ3) is 3.92. The van der Waals surface area contributed by atoms with E-state index in [9.17, 15) is 0 Å². The first-order chi connectivity index (χ1) is 6.81. The fraction of sp³-hybridized carbons (Fsp3) is 0.846. The quantitative estimate of drug-likeness (QED) is 0.700. The van der Waals surface area contributed by atoms with Crippen LogP contribution >= 0.6 is 0 Å². The molecule has 0 bridgehead atoms. The molecule has 15 heavy (non-hydrogen) atoms. The Bertz CT molecular complexity index is 258. The van der Waals surface area contributed by atoms with Crippen LogP contribution in [-0.4, -0.2) is 0 Å². The van der Waals surface area contributed by atoms with Crippen LogP contribution in [0.4, 0.5) is 0 Å². The first-order valence-corrected chi connectivity index (χ1v) is 5.64. The molecule has 0 heterocycles. The van der Waals surface area contributed by atoms with Crippen LogP contribution < -0.4 is 0 Å². The molecule has 0 N–H and O–H groups in total. The maximum atomic E-state index is 9.15. The van der Waals surface area contributed by atoms with Gasteiger partial charge in [-0.25, -0.2) is 0 Å². The SMILES string of the molecule is CCCC(C#N)(C#N)CC(C)C(C)(C)C. The minimum atomic E-state index is -0.776. The van der Waals surface area contributed by atoms with Crippen molar-refractivity contribution in [2.24, 2.45) is 16.7 Å². The molecule has 0 aromatic carbocycles. The van der Waals surface area contributed by atoms with E-state index in [0.717, 1.165) is 6.42 Å². The summed E-state index contributed by atoms with van der Waals surface area (Å²) in [5.41, 5.74) is -0.617. The Morgan fingerprint density at radius 1 is 1.13 bits per heavy atom. The molecule has 0 amide bonds. The fourth-order valence-electron chi connectivity index (χ4n) is 1.59. The van der Waals surface area contributed by atoms with Crippen molar-refractivity contribution in [3.63, 3.8) is 0 Å². The third-order valence-corrected chi connectivity index (χ3v) is 3.24. The van der Waals surface area contributed by atoms with E-state index in [1.54, 1.807) is 0 Å². The second kappa shape index (κ2) is 5.17. The van der Waals surface area contributed by atoms with Crippen LogP contribution in [0, 0.1) is 39.4 Å². The van der Waals surface area contributed by atoms with Gasteiger partial charge in [0, 0.05) is 0 Å². The Labute approximate surface area is 93.9 Å². The molecular formula is C13H22N2. The minimum Gasteiger partial charge on any atom is -0.197 e. The highest BCUT2D eigenvalue weighted by Gasteiger charge is 2.34. The van der Waals surface area contributed by atoms with E-state index < -0.39 is 5.41 Å². The van der Waals surface area contributed by atoms with Crippen molar-refractivity contribution < 1.29 is 0 Å².